The predicted octanol–water partition coefficient (Wildman–Crippen LogP) is 2.85. The molecule has 1 aliphatic heterocycles. The van der Waals surface area contributed by atoms with Crippen molar-refractivity contribution >= 4 is 11.8 Å². The molecule has 0 unspecified atom stereocenters. The third-order valence-electron chi connectivity index (χ3n) is 5.99. The van der Waals surface area contributed by atoms with Gasteiger partial charge in [-0.05, 0) is 36.8 Å². The summed E-state index contributed by atoms with van der Waals surface area (Å²) in [4.78, 5) is 40.4. The SMILES string of the molecule is COc1cc(=O)n2c(c1C(=O)N[C@@H](C)c1ccco1)CCN(C(=O)Cc1cc(F)cc(F)c1)CC2. The van der Waals surface area contributed by atoms with Gasteiger partial charge in [0.15, 0.2) is 0 Å². The van der Waals surface area contributed by atoms with Gasteiger partial charge in [-0.3, -0.25) is 14.4 Å². The minimum atomic E-state index is -0.755. The summed E-state index contributed by atoms with van der Waals surface area (Å²) in [5.74, 6) is -1.57. The summed E-state index contributed by atoms with van der Waals surface area (Å²) in [7, 11) is 1.38. The third-order valence-corrected chi connectivity index (χ3v) is 5.99. The second kappa shape index (κ2) is 10.1. The molecule has 3 heterocycles. The highest BCUT2D eigenvalue weighted by atomic mass is 19.1. The Kier molecular flexibility index (Phi) is 6.99. The molecule has 0 radical (unpaired) electrons. The molecule has 0 saturated carbocycles. The van der Waals surface area contributed by atoms with Crippen LogP contribution >= 0.6 is 0 Å². The molecule has 1 N–H and O–H groups in total. The van der Waals surface area contributed by atoms with Gasteiger partial charge < -0.3 is 23.9 Å². The van der Waals surface area contributed by atoms with Gasteiger partial charge in [-0.1, -0.05) is 0 Å². The number of nitrogens with zero attached hydrogens (tertiary/aromatic N) is 2. The van der Waals surface area contributed by atoms with E-state index in [2.05, 4.69) is 5.32 Å². The number of nitrogens with one attached hydrogen (secondary N) is 1. The Bertz CT molecular complexity index is 1280. The molecule has 8 nitrogen and oxygen atoms in total. The van der Waals surface area contributed by atoms with Crippen LogP contribution in [0.15, 0.2) is 51.9 Å². The normalized spacial score (nSPS) is 14.1. The van der Waals surface area contributed by atoms with Crippen LogP contribution in [0.1, 0.15) is 40.3 Å². The molecule has 0 spiro atoms. The molecule has 10 heteroatoms. The fourth-order valence-electron chi connectivity index (χ4n) is 4.28. The summed E-state index contributed by atoms with van der Waals surface area (Å²) in [6.45, 7) is 2.36. The minimum Gasteiger partial charge on any atom is -0.496 e. The highest BCUT2D eigenvalue weighted by molar-refractivity contribution is 5.98. The first kappa shape index (κ1) is 24.2. The second-order valence-corrected chi connectivity index (χ2v) is 8.32. The topological polar surface area (TPSA) is 93.8 Å². The molecule has 1 aromatic carbocycles. The van der Waals surface area contributed by atoms with Gasteiger partial charge in [0.2, 0.25) is 5.91 Å². The van der Waals surface area contributed by atoms with E-state index in [4.69, 9.17) is 9.15 Å². The molecule has 0 aliphatic carbocycles. The molecule has 4 rings (SSSR count). The molecule has 184 valence electrons. The Hall–Kier alpha value is -3.95. The number of rotatable bonds is 6. The third kappa shape index (κ3) is 5.26. The average molecular weight is 485 g/mol. The molecule has 2 amide bonds. The minimum absolute atomic E-state index is 0.139. The number of hydrogen-bond donors (Lipinski definition) is 1. The van der Waals surface area contributed by atoms with Crippen LogP contribution in [0.25, 0.3) is 0 Å². The van der Waals surface area contributed by atoms with Crippen molar-refractivity contribution in [3.05, 3.63) is 87.2 Å². The zero-order valence-corrected chi connectivity index (χ0v) is 19.3. The van der Waals surface area contributed by atoms with Crippen molar-refractivity contribution in [2.24, 2.45) is 0 Å². The van der Waals surface area contributed by atoms with Crippen LogP contribution in [-0.2, 0) is 24.2 Å². The quantitative estimate of drug-likeness (QED) is 0.580. The van der Waals surface area contributed by atoms with Gasteiger partial charge in [0.05, 0.1) is 25.8 Å². The summed E-state index contributed by atoms with van der Waals surface area (Å²) in [5, 5.41) is 2.86. The van der Waals surface area contributed by atoms with E-state index in [0.29, 0.717) is 11.5 Å². The zero-order chi connectivity index (χ0) is 25.1. The Morgan fingerprint density at radius 3 is 2.54 bits per heavy atom. The second-order valence-electron chi connectivity index (χ2n) is 8.32. The van der Waals surface area contributed by atoms with E-state index in [0.717, 1.165) is 18.2 Å². The number of carbonyl (C=O) groups excluding carboxylic acids is 2. The lowest BCUT2D eigenvalue weighted by Gasteiger charge is -2.20. The highest BCUT2D eigenvalue weighted by Gasteiger charge is 2.27. The molecule has 3 aromatic rings. The Labute approximate surface area is 200 Å². The number of halogens is 2. The van der Waals surface area contributed by atoms with Gasteiger partial charge in [0, 0.05) is 43.9 Å². The van der Waals surface area contributed by atoms with Crippen molar-refractivity contribution < 1.29 is 27.5 Å². The summed E-state index contributed by atoms with van der Waals surface area (Å²) >= 11 is 0. The number of carbonyl (C=O) groups is 2. The monoisotopic (exact) mass is 485 g/mol. The maximum Gasteiger partial charge on any atom is 0.257 e. The number of aromatic nitrogens is 1. The van der Waals surface area contributed by atoms with Crippen LogP contribution in [0, 0.1) is 11.6 Å². The van der Waals surface area contributed by atoms with E-state index in [1.807, 2.05) is 0 Å². The largest absolute Gasteiger partial charge is 0.496 e. The van der Waals surface area contributed by atoms with E-state index >= 15 is 0 Å². The van der Waals surface area contributed by atoms with Crippen LogP contribution in [0.3, 0.4) is 0 Å². The number of furan rings is 1. The van der Waals surface area contributed by atoms with Crippen molar-refractivity contribution in [1.29, 1.82) is 0 Å². The summed E-state index contributed by atoms with van der Waals surface area (Å²) in [6.07, 6.45) is 1.54. The number of hydrogen-bond acceptors (Lipinski definition) is 5. The van der Waals surface area contributed by atoms with Crippen LogP contribution < -0.4 is 15.6 Å². The predicted molar refractivity (Wildman–Crippen MR) is 122 cm³/mol. The lowest BCUT2D eigenvalue weighted by molar-refractivity contribution is -0.130. The number of fused-ring (bicyclic) bond motifs is 1. The van der Waals surface area contributed by atoms with Crippen molar-refractivity contribution in [3.8, 4) is 5.75 Å². The van der Waals surface area contributed by atoms with Gasteiger partial charge in [-0.15, -0.1) is 0 Å². The van der Waals surface area contributed by atoms with Gasteiger partial charge in [0.1, 0.15) is 28.7 Å². The molecule has 1 atom stereocenters. The van der Waals surface area contributed by atoms with Crippen molar-refractivity contribution in [2.75, 3.05) is 20.2 Å². The lowest BCUT2D eigenvalue weighted by atomic mass is 10.1. The number of methoxy groups -OCH3 is 1. The standard InChI is InChI=1S/C25H25F2N3O5/c1-15(20-4-3-9-35-20)28-25(33)24-19-5-6-29(7-8-30(19)23(32)14-21(24)34-2)22(31)12-16-10-17(26)13-18(27)11-16/h3-4,9-11,13-15H,5-8,12H2,1-2H3,(H,28,33)/t15-/m0/s1. The molecule has 0 saturated heterocycles. The Morgan fingerprint density at radius 1 is 1.14 bits per heavy atom. The molecular formula is C25H25F2N3O5. The van der Waals surface area contributed by atoms with Gasteiger partial charge in [-0.2, -0.15) is 0 Å². The van der Waals surface area contributed by atoms with Gasteiger partial charge >= 0.3 is 0 Å². The van der Waals surface area contributed by atoms with E-state index in [9.17, 15) is 23.2 Å². The molecule has 0 fully saturated rings. The highest BCUT2D eigenvalue weighted by Crippen LogP contribution is 2.24. The van der Waals surface area contributed by atoms with E-state index in [1.54, 1.807) is 19.1 Å². The molecule has 0 bridgehead atoms. The smallest absolute Gasteiger partial charge is 0.257 e. The first-order valence-electron chi connectivity index (χ1n) is 11.1. The summed E-state index contributed by atoms with van der Waals surface area (Å²) < 4.78 is 39.2. The van der Waals surface area contributed by atoms with E-state index < -0.39 is 23.6 Å². The molecular weight excluding hydrogens is 460 g/mol. The van der Waals surface area contributed by atoms with Crippen LogP contribution in [0.5, 0.6) is 5.75 Å². The first-order chi connectivity index (χ1) is 16.8. The van der Waals surface area contributed by atoms with E-state index in [-0.39, 0.29) is 60.8 Å². The molecule has 35 heavy (non-hydrogen) atoms. The number of benzene rings is 1. The van der Waals surface area contributed by atoms with Crippen molar-refractivity contribution in [3.63, 3.8) is 0 Å². The van der Waals surface area contributed by atoms with Gasteiger partial charge in [0.25, 0.3) is 11.5 Å². The van der Waals surface area contributed by atoms with Gasteiger partial charge in [-0.25, -0.2) is 8.78 Å². The summed E-state index contributed by atoms with van der Waals surface area (Å²) in [5.41, 5.74) is 0.534. The fraction of sp³-hybridized carbons (Fsp3) is 0.320. The van der Waals surface area contributed by atoms with Crippen molar-refractivity contribution in [1.82, 2.24) is 14.8 Å². The van der Waals surface area contributed by atoms with Crippen LogP contribution in [0.4, 0.5) is 8.78 Å². The van der Waals surface area contributed by atoms with Crippen molar-refractivity contribution in [2.45, 2.75) is 32.4 Å². The number of amides is 2. The average Bonchev–Trinajstić information content (AvgIpc) is 3.25. The summed E-state index contributed by atoms with van der Waals surface area (Å²) in [6, 6.07) is 7.27. The first-order valence-corrected chi connectivity index (χ1v) is 11.1. The van der Waals surface area contributed by atoms with Crippen LogP contribution in [-0.4, -0.2) is 41.5 Å². The maximum absolute atomic E-state index is 13.5. The zero-order valence-electron chi connectivity index (χ0n) is 19.3. The van der Waals surface area contributed by atoms with Crippen LogP contribution in [0.2, 0.25) is 0 Å². The number of pyridine rings is 1. The Morgan fingerprint density at radius 2 is 1.89 bits per heavy atom. The van der Waals surface area contributed by atoms with E-state index in [1.165, 1.54) is 28.9 Å². The Balaban J connectivity index is 1.58. The number of ether oxygens (including phenoxy) is 1. The molecule has 1 aliphatic rings. The lowest BCUT2D eigenvalue weighted by Crippen LogP contribution is -2.35. The maximum atomic E-state index is 13.5. The fourth-order valence-corrected chi connectivity index (χ4v) is 4.28. The molecule has 2 aromatic heterocycles.